The average Bonchev–Trinajstić information content (AvgIpc) is 1.82. The Kier molecular flexibility index (Phi) is 2.36. The van der Waals surface area contributed by atoms with Crippen LogP contribution in [0.4, 0.5) is 0 Å². The molecule has 2 heteroatoms. The predicted octanol–water partition coefficient (Wildman–Crippen LogP) is 1.91. The first-order chi connectivity index (χ1) is 5.47. The second-order valence-electron chi connectivity index (χ2n) is 4.31. The fourth-order valence-electron chi connectivity index (χ4n) is 1.22. The second-order valence-corrected chi connectivity index (χ2v) is 4.31. The molecule has 1 aromatic heterocycles. The van der Waals surface area contributed by atoms with Gasteiger partial charge in [-0.15, -0.1) is 0 Å². The maximum Gasteiger partial charge on any atom is 0.183 e. The third-order valence-corrected chi connectivity index (χ3v) is 1.57. The SMILES string of the molecule is CC(C)(C)Cc1ccc[n+]([O-])c1. The van der Waals surface area contributed by atoms with Crippen molar-refractivity contribution >= 4 is 0 Å². The summed E-state index contributed by atoms with van der Waals surface area (Å²) in [4.78, 5) is 0. The fraction of sp³-hybridized carbons (Fsp3) is 0.500. The first kappa shape index (κ1) is 9.04. The molecule has 1 heterocycles. The molecule has 0 amide bonds. The van der Waals surface area contributed by atoms with Crippen LogP contribution in [0, 0.1) is 10.6 Å². The van der Waals surface area contributed by atoms with E-state index in [0.717, 1.165) is 16.7 Å². The molecule has 1 aromatic rings. The van der Waals surface area contributed by atoms with Crippen molar-refractivity contribution in [3.63, 3.8) is 0 Å². The Bertz CT molecular complexity index is 263. The van der Waals surface area contributed by atoms with Crippen molar-refractivity contribution in [3.05, 3.63) is 35.3 Å². The van der Waals surface area contributed by atoms with Crippen LogP contribution in [-0.4, -0.2) is 0 Å². The van der Waals surface area contributed by atoms with Crippen molar-refractivity contribution in [1.29, 1.82) is 0 Å². The highest BCUT2D eigenvalue weighted by molar-refractivity contribution is 5.07. The number of hydrogen-bond donors (Lipinski definition) is 0. The van der Waals surface area contributed by atoms with E-state index < -0.39 is 0 Å². The smallest absolute Gasteiger partial charge is 0.183 e. The van der Waals surface area contributed by atoms with E-state index in [2.05, 4.69) is 20.8 Å². The van der Waals surface area contributed by atoms with Crippen LogP contribution in [0.15, 0.2) is 24.5 Å². The summed E-state index contributed by atoms with van der Waals surface area (Å²) in [6.45, 7) is 6.49. The van der Waals surface area contributed by atoms with Gasteiger partial charge in [0.2, 0.25) is 0 Å². The standard InChI is InChI=1S/C10H15NO/c1-10(2,3)7-9-5-4-6-11(12)8-9/h4-6,8H,7H2,1-3H3. The molecule has 0 aliphatic heterocycles. The van der Waals surface area contributed by atoms with Gasteiger partial charge in [-0.05, 0) is 17.9 Å². The lowest BCUT2D eigenvalue weighted by Crippen LogP contribution is -2.25. The zero-order valence-electron chi connectivity index (χ0n) is 7.87. The number of hydrogen-bond acceptors (Lipinski definition) is 1. The minimum absolute atomic E-state index is 0.244. The quantitative estimate of drug-likeness (QED) is 0.461. The van der Waals surface area contributed by atoms with Gasteiger partial charge in [-0.2, -0.15) is 4.73 Å². The van der Waals surface area contributed by atoms with Gasteiger partial charge < -0.3 is 5.21 Å². The third-order valence-electron chi connectivity index (χ3n) is 1.57. The van der Waals surface area contributed by atoms with Gasteiger partial charge in [0.05, 0.1) is 0 Å². The molecule has 0 N–H and O–H groups in total. The largest absolute Gasteiger partial charge is 0.619 e. The van der Waals surface area contributed by atoms with E-state index in [-0.39, 0.29) is 5.41 Å². The number of nitrogens with zero attached hydrogens (tertiary/aromatic N) is 1. The van der Waals surface area contributed by atoms with E-state index in [1.807, 2.05) is 6.07 Å². The van der Waals surface area contributed by atoms with Crippen LogP contribution in [-0.2, 0) is 6.42 Å². The number of rotatable bonds is 1. The van der Waals surface area contributed by atoms with Gasteiger partial charge >= 0.3 is 0 Å². The molecule has 0 fully saturated rings. The Balaban J connectivity index is 2.77. The molecule has 2 nitrogen and oxygen atoms in total. The van der Waals surface area contributed by atoms with Gasteiger partial charge in [0.1, 0.15) is 0 Å². The summed E-state index contributed by atoms with van der Waals surface area (Å²) in [7, 11) is 0. The van der Waals surface area contributed by atoms with Gasteiger partial charge in [0, 0.05) is 11.6 Å². The van der Waals surface area contributed by atoms with Crippen molar-refractivity contribution in [2.75, 3.05) is 0 Å². The monoisotopic (exact) mass is 165 g/mol. The molecule has 0 aliphatic rings. The summed E-state index contributed by atoms with van der Waals surface area (Å²) >= 11 is 0. The van der Waals surface area contributed by atoms with Crippen LogP contribution in [0.2, 0.25) is 0 Å². The van der Waals surface area contributed by atoms with Gasteiger partial charge in [0.25, 0.3) is 0 Å². The lowest BCUT2D eigenvalue weighted by Gasteiger charge is -2.16. The van der Waals surface area contributed by atoms with Crippen molar-refractivity contribution < 1.29 is 4.73 Å². The lowest BCUT2D eigenvalue weighted by atomic mass is 9.89. The maximum atomic E-state index is 10.9. The third kappa shape index (κ3) is 2.91. The van der Waals surface area contributed by atoms with Crippen LogP contribution in [0.5, 0.6) is 0 Å². The van der Waals surface area contributed by atoms with E-state index in [4.69, 9.17) is 0 Å². The topological polar surface area (TPSA) is 26.9 Å². The van der Waals surface area contributed by atoms with Crippen LogP contribution >= 0.6 is 0 Å². The second kappa shape index (κ2) is 3.13. The van der Waals surface area contributed by atoms with Crippen molar-refractivity contribution in [2.24, 2.45) is 5.41 Å². The Hall–Kier alpha value is -1.05. The Morgan fingerprint density at radius 2 is 2.08 bits per heavy atom. The Morgan fingerprint density at radius 3 is 2.58 bits per heavy atom. The molecule has 0 spiro atoms. The minimum Gasteiger partial charge on any atom is -0.619 e. The van der Waals surface area contributed by atoms with Crippen molar-refractivity contribution in [3.8, 4) is 0 Å². The molecular weight excluding hydrogens is 150 g/mol. The highest BCUT2D eigenvalue weighted by Gasteiger charge is 2.12. The molecule has 12 heavy (non-hydrogen) atoms. The molecule has 66 valence electrons. The van der Waals surface area contributed by atoms with Crippen LogP contribution in [0.3, 0.4) is 0 Å². The molecule has 0 unspecified atom stereocenters. The summed E-state index contributed by atoms with van der Waals surface area (Å²) in [6, 6.07) is 3.77. The highest BCUT2D eigenvalue weighted by Crippen LogP contribution is 2.19. The predicted molar refractivity (Wildman–Crippen MR) is 48.6 cm³/mol. The van der Waals surface area contributed by atoms with E-state index >= 15 is 0 Å². The Labute approximate surface area is 73.4 Å². The molecule has 0 bridgehead atoms. The summed E-state index contributed by atoms with van der Waals surface area (Å²) in [5, 5.41) is 10.9. The fourth-order valence-corrected chi connectivity index (χ4v) is 1.22. The molecule has 0 aliphatic carbocycles. The van der Waals surface area contributed by atoms with E-state index in [9.17, 15) is 5.21 Å². The van der Waals surface area contributed by atoms with Gasteiger partial charge in [-0.3, -0.25) is 0 Å². The zero-order valence-corrected chi connectivity index (χ0v) is 7.87. The molecule has 0 aromatic carbocycles. The number of aromatic nitrogens is 1. The summed E-state index contributed by atoms with van der Waals surface area (Å²) in [6.07, 6.45) is 4.08. The van der Waals surface area contributed by atoms with E-state index in [0.29, 0.717) is 0 Å². The molecule has 0 atom stereocenters. The highest BCUT2D eigenvalue weighted by atomic mass is 16.5. The van der Waals surface area contributed by atoms with E-state index in [1.165, 1.54) is 6.20 Å². The average molecular weight is 165 g/mol. The lowest BCUT2D eigenvalue weighted by molar-refractivity contribution is -0.605. The van der Waals surface area contributed by atoms with Crippen LogP contribution < -0.4 is 4.73 Å². The number of pyridine rings is 1. The van der Waals surface area contributed by atoms with Gasteiger partial charge in [-0.25, -0.2) is 0 Å². The molecule has 0 saturated carbocycles. The summed E-state index contributed by atoms with van der Waals surface area (Å²) < 4.78 is 0.848. The van der Waals surface area contributed by atoms with Gasteiger partial charge in [-0.1, -0.05) is 20.8 Å². The molecule has 0 saturated heterocycles. The summed E-state index contributed by atoms with van der Waals surface area (Å²) in [5.74, 6) is 0. The van der Waals surface area contributed by atoms with Gasteiger partial charge in [0.15, 0.2) is 12.4 Å². The van der Waals surface area contributed by atoms with Crippen molar-refractivity contribution in [1.82, 2.24) is 0 Å². The Morgan fingerprint density at radius 1 is 1.42 bits per heavy atom. The molecule has 1 rings (SSSR count). The normalized spacial score (nSPS) is 11.6. The van der Waals surface area contributed by atoms with Crippen LogP contribution in [0.25, 0.3) is 0 Å². The summed E-state index contributed by atoms with van der Waals surface area (Å²) in [5.41, 5.74) is 1.34. The molecule has 0 radical (unpaired) electrons. The first-order valence-electron chi connectivity index (χ1n) is 4.15. The maximum absolute atomic E-state index is 10.9. The zero-order chi connectivity index (χ0) is 9.19. The molecular formula is C10H15NO. The first-order valence-corrected chi connectivity index (χ1v) is 4.15. The van der Waals surface area contributed by atoms with Crippen molar-refractivity contribution in [2.45, 2.75) is 27.2 Å². The van der Waals surface area contributed by atoms with Crippen LogP contribution in [0.1, 0.15) is 26.3 Å². The minimum atomic E-state index is 0.244. The van der Waals surface area contributed by atoms with E-state index in [1.54, 1.807) is 12.3 Å².